The standard InChI is InChI=1S/C11H15N3O2S/c15-10(16)8-2-1-5-14(6-8)11-12-9(13-17-11)7-3-4-7/h7-8H,1-6H2,(H,15,16). The largest absolute Gasteiger partial charge is 0.481 e. The summed E-state index contributed by atoms with van der Waals surface area (Å²) in [6.45, 7) is 1.48. The van der Waals surface area contributed by atoms with Gasteiger partial charge in [0.1, 0.15) is 5.82 Å². The third-order valence-corrected chi connectivity index (χ3v) is 4.21. The number of nitrogens with zero attached hydrogens (tertiary/aromatic N) is 3. The molecular weight excluding hydrogens is 238 g/mol. The van der Waals surface area contributed by atoms with Crippen molar-refractivity contribution < 1.29 is 9.90 Å². The van der Waals surface area contributed by atoms with Crippen LogP contribution in [0, 0.1) is 5.92 Å². The van der Waals surface area contributed by atoms with E-state index in [9.17, 15) is 4.79 Å². The van der Waals surface area contributed by atoms with Crippen molar-refractivity contribution in [2.45, 2.75) is 31.6 Å². The molecule has 0 aromatic carbocycles. The Labute approximate surface area is 104 Å². The van der Waals surface area contributed by atoms with E-state index in [1.54, 1.807) is 0 Å². The van der Waals surface area contributed by atoms with Gasteiger partial charge in [-0.2, -0.15) is 4.37 Å². The van der Waals surface area contributed by atoms with Crippen LogP contribution < -0.4 is 4.90 Å². The van der Waals surface area contributed by atoms with Crippen molar-refractivity contribution in [2.75, 3.05) is 18.0 Å². The minimum atomic E-state index is -0.693. The summed E-state index contributed by atoms with van der Waals surface area (Å²) in [5.41, 5.74) is 0. The molecule has 5 nitrogen and oxygen atoms in total. The van der Waals surface area contributed by atoms with E-state index in [0.717, 1.165) is 30.3 Å². The molecule has 1 aliphatic heterocycles. The van der Waals surface area contributed by atoms with E-state index in [1.807, 2.05) is 0 Å². The number of carboxylic acids is 1. The summed E-state index contributed by atoms with van der Waals surface area (Å²) in [7, 11) is 0. The van der Waals surface area contributed by atoms with Gasteiger partial charge in [0, 0.05) is 30.5 Å². The van der Waals surface area contributed by atoms with E-state index >= 15 is 0 Å². The summed E-state index contributed by atoms with van der Waals surface area (Å²) in [4.78, 5) is 17.6. The van der Waals surface area contributed by atoms with Crippen LogP contribution in [0.2, 0.25) is 0 Å². The van der Waals surface area contributed by atoms with Crippen LogP contribution in [0.5, 0.6) is 0 Å². The number of carbonyl (C=O) groups is 1. The van der Waals surface area contributed by atoms with Gasteiger partial charge >= 0.3 is 5.97 Å². The summed E-state index contributed by atoms with van der Waals surface area (Å²) >= 11 is 1.41. The van der Waals surface area contributed by atoms with Crippen LogP contribution in [0.4, 0.5) is 5.13 Å². The van der Waals surface area contributed by atoms with Crippen molar-refractivity contribution in [1.82, 2.24) is 9.36 Å². The highest BCUT2D eigenvalue weighted by Gasteiger charge is 2.31. The fourth-order valence-corrected chi connectivity index (χ4v) is 3.00. The first-order valence-electron chi connectivity index (χ1n) is 6.05. The van der Waals surface area contributed by atoms with Gasteiger partial charge in [0.2, 0.25) is 5.13 Å². The van der Waals surface area contributed by atoms with Gasteiger partial charge in [0.25, 0.3) is 0 Å². The molecule has 1 saturated heterocycles. The molecule has 1 aromatic rings. The van der Waals surface area contributed by atoms with Crippen LogP contribution in [0.25, 0.3) is 0 Å². The molecule has 1 N–H and O–H groups in total. The maximum atomic E-state index is 11.0. The zero-order valence-corrected chi connectivity index (χ0v) is 10.3. The van der Waals surface area contributed by atoms with E-state index < -0.39 is 5.97 Å². The molecular formula is C11H15N3O2S. The quantitative estimate of drug-likeness (QED) is 0.888. The molecule has 2 fully saturated rings. The number of hydrogen-bond donors (Lipinski definition) is 1. The van der Waals surface area contributed by atoms with Crippen molar-refractivity contribution in [1.29, 1.82) is 0 Å². The SMILES string of the molecule is O=C(O)C1CCCN(c2nc(C3CC3)ns2)C1. The van der Waals surface area contributed by atoms with Crippen molar-refractivity contribution in [3.63, 3.8) is 0 Å². The van der Waals surface area contributed by atoms with Crippen molar-refractivity contribution in [3.8, 4) is 0 Å². The van der Waals surface area contributed by atoms with Crippen LogP contribution in [-0.2, 0) is 4.79 Å². The molecule has 6 heteroatoms. The predicted molar refractivity (Wildman–Crippen MR) is 64.5 cm³/mol. The van der Waals surface area contributed by atoms with Gasteiger partial charge in [-0.1, -0.05) is 0 Å². The zero-order chi connectivity index (χ0) is 11.8. The molecule has 1 aliphatic carbocycles. The lowest BCUT2D eigenvalue weighted by Crippen LogP contribution is -2.38. The lowest BCUT2D eigenvalue weighted by Gasteiger charge is -2.29. The number of anilines is 1. The summed E-state index contributed by atoms with van der Waals surface area (Å²) in [6.07, 6.45) is 4.11. The van der Waals surface area contributed by atoms with Gasteiger partial charge in [0.05, 0.1) is 5.92 Å². The minimum Gasteiger partial charge on any atom is -0.481 e. The molecule has 3 rings (SSSR count). The van der Waals surface area contributed by atoms with Crippen LogP contribution in [0.1, 0.15) is 37.4 Å². The topological polar surface area (TPSA) is 66.3 Å². The van der Waals surface area contributed by atoms with E-state index in [-0.39, 0.29) is 5.92 Å². The molecule has 92 valence electrons. The first kappa shape index (κ1) is 11.0. The highest BCUT2D eigenvalue weighted by Crippen LogP contribution is 2.40. The summed E-state index contributed by atoms with van der Waals surface area (Å²) in [5, 5.41) is 9.95. The third kappa shape index (κ3) is 2.26. The van der Waals surface area contributed by atoms with Crippen LogP contribution >= 0.6 is 11.5 Å². The van der Waals surface area contributed by atoms with Gasteiger partial charge < -0.3 is 10.0 Å². The van der Waals surface area contributed by atoms with Crippen molar-refractivity contribution >= 4 is 22.6 Å². The molecule has 0 spiro atoms. The highest BCUT2D eigenvalue weighted by molar-refractivity contribution is 7.09. The fourth-order valence-electron chi connectivity index (χ4n) is 2.21. The van der Waals surface area contributed by atoms with Gasteiger partial charge in [-0.05, 0) is 25.7 Å². The Kier molecular flexibility index (Phi) is 2.74. The van der Waals surface area contributed by atoms with Crippen LogP contribution in [-0.4, -0.2) is 33.5 Å². The molecule has 1 atom stereocenters. The Morgan fingerprint density at radius 2 is 2.24 bits per heavy atom. The maximum absolute atomic E-state index is 11.0. The van der Waals surface area contributed by atoms with E-state index in [4.69, 9.17) is 5.11 Å². The van der Waals surface area contributed by atoms with E-state index in [1.165, 1.54) is 24.4 Å². The first-order chi connectivity index (χ1) is 8.24. The van der Waals surface area contributed by atoms with Gasteiger partial charge in [-0.3, -0.25) is 4.79 Å². The number of hydrogen-bond acceptors (Lipinski definition) is 5. The molecule has 0 amide bonds. The maximum Gasteiger partial charge on any atom is 0.308 e. The Balaban J connectivity index is 1.71. The monoisotopic (exact) mass is 253 g/mol. The molecule has 0 bridgehead atoms. The minimum absolute atomic E-state index is 0.253. The number of carboxylic acid groups (broad SMARTS) is 1. The van der Waals surface area contributed by atoms with Gasteiger partial charge in [0.15, 0.2) is 0 Å². The molecule has 2 heterocycles. The Morgan fingerprint density at radius 3 is 2.94 bits per heavy atom. The Hall–Kier alpha value is -1.17. The van der Waals surface area contributed by atoms with Gasteiger partial charge in [-0.25, -0.2) is 4.98 Å². The number of aliphatic carboxylic acids is 1. The number of aromatic nitrogens is 2. The summed E-state index contributed by atoms with van der Waals surface area (Å²) in [6, 6.07) is 0. The second kappa shape index (κ2) is 4.25. The number of rotatable bonds is 3. The second-order valence-corrected chi connectivity index (χ2v) is 5.56. The van der Waals surface area contributed by atoms with Crippen molar-refractivity contribution in [3.05, 3.63) is 5.82 Å². The number of piperidine rings is 1. The first-order valence-corrected chi connectivity index (χ1v) is 6.83. The van der Waals surface area contributed by atoms with E-state index in [2.05, 4.69) is 14.3 Å². The molecule has 0 radical (unpaired) electrons. The zero-order valence-electron chi connectivity index (χ0n) is 9.50. The third-order valence-electron chi connectivity index (χ3n) is 3.41. The van der Waals surface area contributed by atoms with E-state index in [0.29, 0.717) is 12.5 Å². The van der Waals surface area contributed by atoms with Crippen LogP contribution in [0.15, 0.2) is 0 Å². The molecule has 1 aromatic heterocycles. The average molecular weight is 253 g/mol. The molecule has 2 aliphatic rings. The predicted octanol–water partition coefficient (Wildman–Crippen LogP) is 1.72. The smallest absolute Gasteiger partial charge is 0.308 e. The average Bonchev–Trinajstić information content (AvgIpc) is 3.07. The fraction of sp³-hybridized carbons (Fsp3) is 0.727. The summed E-state index contributed by atoms with van der Waals surface area (Å²) in [5.74, 6) is 0.584. The van der Waals surface area contributed by atoms with Gasteiger partial charge in [-0.15, -0.1) is 0 Å². The molecule has 1 saturated carbocycles. The Morgan fingerprint density at radius 1 is 1.41 bits per heavy atom. The Bertz CT molecular complexity index is 430. The lowest BCUT2D eigenvalue weighted by molar-refractivity contribution is -0.141. The normalized spacial score (nSPS) is 24.9. The summed E-state index contributed by atoms with van der Waals surface area (Å²) < 4.78 is 4.36. The lowest BCUT2D eigenvalue weighted by atomic mass is 9.99. The van der Waals surface area contributed by atoms with Crippen LogP contribution in [0.3, 0.4) is 0 Å². The highest BCUT2D eigenvalue weighted by atomic mass is 32.1. The second-order valence-electron chi connectivity index (χ2n) is 4.83. The van der Waals surface area contributed by atoms with Crippen molar-refractivity contribution in [2.24, 2.45) is 5.92 Å². The molecule has 1 unspecified atom stereocenters. The molecule has 17 heavy (non-hydrogen) atoms.